The van der Waals surface area contributed by atoms with E-state index in [2.05, 4.69) is 22.4 Å². The van der Waals surface area contributed by atoms with Crippen LogP contribution >= 0.6 is 11.3 Å². The molecule has 0 fully saturated rings. The number of thiazole rings is 1. The molecule has 5 heteroatoms. The number of benzene rings is 1. The summed E-state index contributed by atoms with van der Waals surface area (Å²) in [6.45, 7) is 3.06. The molecule has 0 spiro atoms. The van der Waals surface area contributed by atoms with Crippen LogP contribution in [-0.2, 0) is 13.1 Å². The molecule has 2 heterocycles. The normalized spacial score (nSPS) is 14.1. The molecule has 0 atom stereocenters. The third-order valence-electron chi connectivity index (χ3n) is 2.90. The lowest BCUT2D eigenvalue weighted by Gasteiger charge is -2.09. The molecule has 0 radical (unpaired) electrons. The minimum atomic E-state index is 0.725. The lowest BCUT2D eigenvalue weighted by atomic mass is 10.2. The maximum Gasteiger partial charge on any atom is 0.161 e. The summed E-state index contributed by atoms with van der Waals surface area (Å²) >= 11 is 1.67. The Morgan fingerprint density at radius 3 is 2.89 bits per heavy atom. The van der Waals surface area contributed by atoms with Crippen molar-refractivity contribution in [1.29, 1.82) is 0 Å². The Labute approximate surface area is 116 Å². The third-order valence-corrected chi connectivity index (χ3v) is 3.68. The van der Waals surface area contributed by atoms with Crippen molar-refractivity contribution in [2.24, 2.45) is 0 Å². The second-order valence-corrected chi connectivity index (χ2v) is 5.34. The Morgan fingerprint density at radius 2 is 2.05 bits per heavy atom. The standard InChI is InChI=1S/C14H16N2O2S/c1-5-17-12-3-2-11(8-13(12)18-6-1)9-15-10-14-16-4-7-19-14/h2-4,7-8,15H,1,5-6,9-10H2. The van der Waals surface area contributed by atoms with Gasteiger partial charge in [0.1, 0.15) is 5.01 Å². The van der Waals surface area contributed by atoms with Gasteiger partial charge in [0.25, 0.3) is 0 Å². The Morgan fingerprint density at radius 1 is 1.16 bits per heavy atom. The van der Waals surface area contributed by atoms with Gasteiger partial charge < -0.3 is 14.8 Å². The monoisotopic (exact) mass is 276 g/mol. The van der Waals surface area contributed by atoms with Crippen LogP contribution in [0.5, 0.6) is 11.5 Å². The van der Waals surface area contributed by atoms with E-state index in [9.17, 15) is 0 Å². The molecule has 1 aliphatic rings. The van der Waals surface area contributed by atoms with E-state index < -0.39 is 0 Å². The molecule has 2 aromatic rings. The van der Waals surface area contributed by atoms with Crippen molar-refractivity contribution in [3.8, 4) is 11.5 Å². The van der Waals surface area contributed by atoms with Crippen molar-refractivity contribution in [3.63, 3.8) is 0 Å². The van der Waals surface area contributed by atoms with Gasteiger partial charge in [-0.05, 0) is 17.7 Å². The summed E-state index contributed by atoms with van der Waals surface area (Å²) in [5.41, 5.74) is 1.20. The van der Waals surface area contributed by atoms with Crippen LogP contribution in [0.1, 0.15) is 17.0 Å². The number of hydrogen-bond donors (Lipinski definition) is 1. The second kappa shape index (κ2) is 6.04. The summed E-state index contributed by atoms with van der Waals surface area (Å²) in [6.07, 6.45) is 2.77. The molecule has 1 aromatic carbocycles. The number of fused-ring (bicyclic) bond motifs is 1. The Hall–Kier alpha value is -1.59. The Bertz CT molecular complexity index is 528. The number of ether oxygens (including phenoxy) is 2. The van der Waals surface area contributed by atoms with Gasteiger partial charge in [0.2, 0.25) is 0 Å². The zero-order valence-corrected chi connectivity index (χ0v) is 11.4. The van der Waals surface area contributed by atoms with Gasteiger partial charge in [0, 0.05) is 31.1 Å². The SMILES string of the molecule is c1csc(CNCc2ccc3c(c2)OCCCO3)n1. The van der Waals surface area contributed by atoms with Crippen LogP contribution in [0.4, 0.5) is 0 Å². The van der Waals surface area contributed by atoms with E-state index in [1.807, 2.05) is 17.6 Å². The Balaban J connectivity index is 1.60. The Kier molecular flexibility index (Phi) is 3.95. The highest BCUT2D eigenvalue weighted by Gasteiger charge is 2.10. The number of nitrogens with zero attached hydrogens (tertiary/aromatic N) is 1. The van der Waals surface area contributed by atoms with Crippen LogP contribution in [0.3, 0.4) is 0 Å². The quantitative estimate of drug-likeness (QED) is 0.932. The molecular weight excluding hydrogens is 260 g/mol. The topological polar surface area (TPSA) is 43.4 Å². The average molecular weight is 276 g/mol. The smallest absolute Gasteiger partial charge is 0.161 e. The number of rotatable bonds is 4. The van der Waals surface area contributed by atoms with Crippen LogP contribution in [0.25, 0.3) is 0 Å². The van der Waals surface area contributed by atoms with E-state index in [1.165, 1.54) is 5.56 Å². The van der Waals surface area contributed by atoms with Crippen molar-refractivity contribution in [1.82, 2.24) is 10.3 Å². The molecule has 0 unspecified atom stereocenters. The molecule has 0 saturated heterocycles. The predicted octanol–water partition coefficient (Wildman–Crippen LogP) is 2.59. The lowest BCUT2D eigenvalue weighted by molar-refractivity contribution is 0.297. The highest BCUT2D eigenvalue weighted by atomic mass is 32.1. The van der Waals surface area contributed by atoms with Crippen LogP contribution in [0, 0.1) is 0 Å². The van der Waals surface area contributed by atoms with Crippen molar-refractivity contribution >= 4 is 11.3 Å². The minimum absolute atomic E-state index is 0.725. The van der Waals surface area contributed by atoms with Crippen molar-refractivity contribution in [2.45, 2.75) is 19.5 Å². The number of hydrogen-bond acceptors (Lipinski definition) is 5. The lowest BCUT2D eigenvalue weighted by Crippen LogP contribution is -2.12. The predicted molar refractivity (Wildman–Crippen MR) is 74.7 cm³/mol. The molecule has 0 saturated carbocycles. The first-order chi connectivity index (χ1) is 9.42. The first-order valence-corrected chi connectivity index (χ1v) is 7.27. The first-order valence-electron chi connectivity index (χ1n) is 6.39. The molecule has 1 N–H and O–H groups in total. The molecule has 0 aliphatic carbocycles. The molecule has 3 rings (SSSR count). The van der Waals surface area contributed by atoms with Gasteiger partial charge in [-0.15, -0.1) is 11.3 Å². The number of aromatic nitrogens is 1. The molecule has 4 nitrogen and oxygen atoms in total. The summed E-state index contributed by atoms with van der Waals surface area (Å²) in [5.74, 6) is 1.70. The van der Waals surface area contributed by atoms with Gasteiger partial charge in [-0.25, -0.2) is 4.98 Å². The average Bonchev–Trinajstić information content (AvgIpc) is 2.83. The largest absolute Gasteiger partial charge is 0.490 e. The van der Waals surface area contributed by atoms with E-state index >= 15 is 0 Å². The van der Waals surface area contributed by atoms with Crippen molar-refractivity contribution in [3.05, 3.63) is 40.3 Å². The summed E-state index contributed by atoms with van der Waals surface area (Å²) in [4.78, 5) is 4.24. The van der Waals surface area contributed by atoms with E-state index in [1.54, 1.807) is 11.3 Å². The number of nitrogens with one attached hydrogen (secondary N) is 1. The van der Waals surface area contributed by atoms with Gasteiger partial charge in [-0.3, -0.25) is 0 Å². The summed E-state index contributed by atoms with van der Waals surface area (Å²) in [7, 11) is 0. The minimum Gasteiger partial charge on any atom is -0.490 e. The molecule has 19 heavy (non-hydrogen) atoms. The molecule has 1 aliphatic heterocycles. The van der Waals surface area contributed by atoms with E-state index in [4.69, 9.17) is 9.47 Å². The van der Waals surface area contributed by atoms with Gasteiger partial charge in [0.05, 0.1) is 13.2 Å². The summed E-state index contributed by atoms with van der Waals surface area (Å²) < 4.78 is 11.3. The molecule has 1 aromatic heterocycles. The van der Waals surface area contributed by atoms with Gasteiger partial charge >= 0.3 is 0 Å². The summed E-state index contributed by atoms with van der Waals surface area (Å²) in [5, 5.41) is 6.47. The molecule has 100 valence electrons. The van der Waals surface area contributed by atoms with Crippen LogP contribution in [0.2, 0.25) is 0 Å². The van der Waals surface area contributed by atoms with Crippen molar-refractivity contribution in [2.75, 3.05) is 13.2 Å². The van der Waals surface area contributed by atoms with Gasteiger partial charge in [-0.1, -0.05) is 6.07 Å². The fraction of sp³-hybridized carbons (Fsp3) is 0.357. The fourth-order valence-electron chi connectivity index (χ4n) is 1.97. The van der Waals surface area contributed by atoms with Gasteiger partial charge in [0.15, 0.2) is 11.5 Å². The molecule has 0 bridgehead atoms. The van der Waals surface area contributed by atoms with Crippen LogP contribution < -0.4 is 14.8 Å². The van der Waals surface area contributed by atoms with E-state index in [-0.39, 0.29) is 0 Å². The molecule has 0 amide bonds. The maximum atomic E-state index is 5.68. The van der Waals surface area contributed by atoms with E-state index in [0.717, 1.165) is 49.2 Å². The second-order valence-electron chi connectivity index (χ2n) is 4.36. The third kappa shape index (κ3) is 3.24. The zero-order chi connectivity index (χ0) is 12.9. The first kappa shape index (κ1) is 12.4. The van der Waals surface area contributed by atoms with E-state index in [0.29, 0.717) is 0 Å². The zero-order valence-electron chi connectivity index (χ0n) is 10.6. The van der Waals surface area contributed by atoms with Gasteiger partial charge in [-0.2, -0.15) is 0 Å². The molecular formula is C14H16N2O2S. The van der Waals surface area contributed by atoms with Crippen LogP contribution in [-0.4, -0.2) is 18.2 Å². The van der Waals surface area contributed by atoms with Crippen LogP contribution in [0.15, 0.2) is 29.8 Å². The summed E-state index contributed by atoms with van der Waals surface area (Å²) in [6, 6.07) is 6.11. The van der Waals surface area contributed by atoms with Crippen molar-refractivity contribution < 1.29 is 9.47 Å². The maximum absolute atomic E-state index is 5.68. The highest BCUT2D eigenvalue weighted by molar-refractivity contribution is 7.09. The highest BCUT2D eigenvalue weighted by Crippen LogP contribution is 2.30. The fourth-order valence-corrected chi connectivity index (χ4v) is 2.56.